The van der Waals surface area contributed by atoms with Crippen LogP contribution in [0.4, 0.5) is 0 Å². The van der Waals surface area contributed by atoms with E-state index in [9.17, 15) is 9.59 Å². The average Bonchev–Trinajstić information content (AvgIpc) is 3.00. The Morgan fingerprint density at radius 1 is 0.667 bits per heavy atom. The molecule has 0 aliphatic rings. The zero-order valence-corrected chi connectivity index (χ0v) is 21.9. The summed E-state index contributed by atoms with van der Waals surface area (Å²) >= 11 is 0. The predicted octanol–water partition coefficient (Wildman–Crippen LogP) is 6.46. The second-order valence-electron chi connectivity index (χ2n) is 9.67. The van der Waals surface area contributed by atoms with Crippen LogP contribution in [0.5, 0.6) is 0 Å². The Bertz CT molecular complexity index is 1450. The quantitative estimate of drug-likeness (QED) is 0.182. The van der Waals surface area contributed by atoms with Crippen molar-refractivity contribution >= 4 is 22.6 Å². The molecule has 0 saturated carbocycles. The van der Waals surface area contributed by atoms with Crippen molar-refractivity contribution < 1.29 is 14.3 Å². The van der Waals surface area contributed by atoms with Gasteiger partial charge in [-0.1, -0.05) is 133 Å². The molecule has 0 saturated heterocycles. The molecule has 0 aliphatic heterocycles. The van der Waals surface area contributed by atoms with Crippen LogP contribution in [0.1, 0.15) is 28.7 Å². The molecule has 1 amide bonds. The number of carbonyl (C=O) groups is 2. The van der Waals surface area contributed by atoms with Gasteiger partial charge in [0.2, 0.25) is 5.91 Å². The maximum atomic E-state index is 13.9. The number of fused-ring (bicyclic) bond motifs is 1. The Labute approximate surface area is 229 Å². The van der Waals surface area contributed by atoms with E-state index in [0.29, 0.717) is 6.42 Å². The number of amides is 1. The maximum Gasteiger partial charge on any atom is 0.328 e. The summed E-state index contributed by atoms with van der Waals surface area (Å²) in [6.07, 6.45) is 0.447. The molecule has 5 aromatic carbocycles. The summed E-state index contributed by atoms with van der Waals surface area (Å²) in [6, 6.07) is 43.4. The highest BCUT2D eigenvalue weighted by atomic mass is 16.5. The van der Waals surface area contributed by atoms with Crippen molar-refractivity contribution in [1.29, 1.82) is 0 Å². The van der Waals surface area contributed by atoms with E-state index in [1.54, 1.807) is 0 Å². The summed E-state index contributed by atoms with van der Waals surface area (Å²) in [4.78, 5) is 26.9. The molecule has 39 heavy (non-hydrogen) atoms. The molecule has 0 fully saturated rings. The van der Waals surface area contributed by atoms with Gasteiger partial charge in [0.15, 0.2) is 0 Å². The van der Waals surface area contributed by atoms with E-state index in [4.69, 9.17) is 4.74 Å². The van der Waals surface area contributed by atoms with Crippen LogP contribution in [0.3, 0.4) is 0 Å². The van der Waals surface area contributed by atoms with E-state index >= 15 is 0 Å². The lowest BCUT2D eigenvalue weighted by Crippen LogP contribution is -2.46. The van der Waals surface area contributed by atoms with Gasteiger partial charge in [-0.2, -0.15) is 0 Å². The van der Waals surface area contributed by atoms with Crippen LogP contribution in [0.25, 0.3) is 10.8 Å². The number of benzene rings is 5. The number of rotatable bonds is 9. The van der Waals surface area contributed by atoms with Gasteiger partial charge in [-0.3, -0.25) is 4.79 Å². The largest absolute Gasteiger partial charge is 0.467 e. The Morgan fingerprint density at radius 2 is 1.15 bits per heavy atom. The van der Waals surface area contributed by atoms with Crippen LogP contribution in [0.15, 0.2) is 133 Å². The van der Waals surface area contributed by atoms with E-state index in [1.807, 2.05) is 97.1 Å². The molecule has 0 radical (unpaired) electrons. The molecule has 0 bridgehead atoms. The molecule has 1 N–H and O–H groups in total. The normalized spacial score (nSPS) is 12.0. The van der Waals surface area contributed by atoms with Crippen molar-refractivity contribution in [2.45, 2.75) is 24.3 Å². The van der Waals surface area contributed by atoms with E-state index in [1.165, 1.54) is 7.11 Å². The topological polar surface area (TPSA) is 55.4 Å². The Hall–Kier alpha value is -4.70. The zero-order valence-electron chi connectivity index (χ0n) is 21.9. The first-order chi connectivity index (χ1) is 19.1. The summed E-state index contributed by atoms with van der Waals surface area (Å²) in [5, 5.41) is 5.17. The lowest BCUT2D eigenvalue weighted by atomic mass is 9.67. The molecule has 0 aromatic heterocycles. The van der Waals surface area contributed by atoms with Gasteiger partial charge < -0.3 is 10.1 Å². The highest BCUT2D eigenvalue weighted by molar-refractivity contribution is 5.89. The molecule has 0 unspecified atom stereocenters. The molecule has 5 aromatic rings. The van der Waals surface area contributed by atoms with Crippen molar-refractivity contribution in [2.75, 3.05) is 7.11 Å². The monoisotopic (exact) mass is 513 g/mol. The molecule has 4 heteroatoms. The van der Waals surface area contributed by atoms with Gasteiger partial charge in [0, 0.05) is 12.8 Å². The molecular weight excluding hydrogens is 482 g/mol. The maximum absolute atomic E-state index is 13.9. The Kier molecular flexibility index (Phi) is 7.83. The molecule has 4 nitrogen and oxygen atoms in total. The number of nitrogens with one attached hydrogen (secondary N) is 1. The van der Waals surface area contributed by atoms with Crippen LogP contribution in [0, 0.1) is 0 Å². The van der Waals surface area contributed by atoms with Gasteiger partial charge >= 0.3 is 5.97 Å². The number of carbonyl (C=O) groups excluding carboxylic acids is 2. The van der Waals surface area contributed by atoms with Crippen LogP contribution >= 0.6 is 0 Å². The third kappa shape index (κ3) is 5.46. The van der Waals surface area contributed by atoms with Gasteiger partial charge in [0.05, 0.1) is 12.5 Å². The fourth-order valence-corrected chi connectivity index (χ4v) is 5.49. The minimum Gasteiger partial charge on any atom is -0.467 e. The molecular formula is C35H31NO3. The Morgan fingerprint density at radius 3 is 1.69 bits per heavy atom. The van der Waals surface area contributed by atoms with Crippen LogP contribution < -0.4 is 5.32 Å². The lowest BCUT2D eigenvalue weighted by Gasteiger charge is -2.36. The van der Waals surface area contributed by atoms with Crippen molar-refractivity contribution in [3.05, 3.63) is 156 Å². The summed E-state index contributed by atoms with van der Waals surface area (Å²) < 4.78 is 5.13. The Balaban J connectivity index is 1.53. The third-order valence-electron chi connectivity index (χ3n) is 7.35. The summed E-state index contributed by atoms with van der Waals surface area (Å²) in [7, 11) is 1.35. The highest BCUT2D eigenvalue weighted by Gasteiger charge is 2.39. The summed E-state index contributed by atoms with van der Waals surface area (Å²) in [6.45, 7) is 0. The SMILES string of the molecule is COC(=O)[C@@H](Cc1cccc2ccccc12)NC(=O)CC(c1ccccc1)(c1ccccc1)c1ccccc1. The van der Waals surface area contributed by atoms with Gasteiger partial charge in [0.25, 0.3) is 0 Å². The first-order valence-electron chi connectivity index (χ1n) is 13.1. The number of hydrogen-bond acceptors (Lipinski definition) is 3. The second kappa shape index (κ2) is 11.8. The van der Waals surface area contributed by atoms with Crippen LogP contribution in [-0.4, -0.2) is 25.0 Å². The summed E-state index contributed by atoms with van der Waals surface area (Å²) in [5.74, 6) is -0.705. The number of esters is 1. The van der Waals surface area contributed by atoms with E-state index in [2.05, 4.69) is 41.7 Å². The first-order valence-corrected chi connectivity index (χ1v) is 13.1. The van der Waals surface area contributed by atoms with Gasteiger partial charge in [-0.05, 0) is 33.0 Å². The fourth-order valence-electron chi connectivity index (χ4n) is 5.49. The lowest BCUT2D eigenvalue weighted by molar-refractivity contribution is -0.145. The molecule has 1 atom stereocenters. The van der Waals surface area contributed by atoms with E-state index in [-0.39, 0.29) is 12.3 Å². The van der Waals surface area contributed by atoms with Crippen LogP contribution in [-0.2, 0) is 26.2 Å². The summed E-state index contributed by atoms with van der Waals surface area (Å²) in [5.41, 5.74) is 3.22. The molecule has 0 aliphatic carbocycles. The highest BCUT2D eigenvalue weighted by Crippen LogP contribution is 2.42. The van der Waals surface area contributed by atoms with Crippen molar-refractivity contribution in [3.8, 4) is 0 Å². The molecule has 194 valence electrons. The molecule has 5 rings (SSSR count). The number of methoxy groups -OCH3 is 1. The van der Waals surface area contributed by atoms with Gasteiger partial charge in [-0.25, -0.2) is 4.79 Å². The average molecular weight is 514 g/mol. The predicted molar refractivity (Wildman–Crippen MR) is 155 cm³/mol. The fraction of sp³-hybridized carbons (Fsp3) is 0.143. The number of hydrogen-bond donors (Lipinski definition) is 1. The van der Waals surface area contributed by atoms with Crippen molar-refractivity contribution in [2.24, 2.45) is 0 Å². The zero-order chi connectivity index (χ0) is 27.1. The smallest absolute Gasteiger partial charge is 0.328 e. The standard InChI is InChI=1S/C35H31NO3/c1-39-34(38)32(24-27-16-13-15-26-14-11-12-23-31(26)27)36-33(37)25-35(28-17-5-2-6-18-28,29-19-7-3-8-20-29)30-21-9-4-10-22-30/h2-23,32H,24-25H2,1H3,(H,36,37)/t32-/m1/s1. The number of ether oxygens (including phenoxy) is 1. The van der Waals surface area contributed by atoms with Gasteiger partial charge in [0.1, 0.15) is 6.04 Å². The molecule has 0 heterocycles. The first kappa shape index (κ1) is 25.9. The second-order valence-corrected chi connectivity index (χ2v) is 9.67. The van der Waals surface area contributed by atoms with Crippen molar-refractivity contribution in [3.63, 3.8) is 0 Å². The van der Waals surface area contributed by atoms with E-state index < -0.39 is 17.4 Å². The minimum absolute atomic E-state index is 0.119. The van der Waals surface area contributed by atoms with E-state index in [0.717, 1.165) is 33.0 Å². The molecule has 0 spiro atoms. The van der Waals surface area contributed by atoms with Gasteiger partial charge in [-0.15, -0.1) is 0 Å². The van der Waals surface area contributed by atoms with Crippen LogP contribution in [0.2, 0.25) is 0 Å². The minimum atomic E-state index is -0.826. The van der Waals surface area contributed by atoms with Crippen molar-refractivity contribution in [1.82, 2.24) is 5.32 Å². The third-order valence-corrected chi connectivity index (χ3v) is 7.35.